The number of benzene rings is 1. The number of likely N-dealkylation sites (N-methyl/N-ethyl adjacent to an activating group) is 1. The number of anilines is 2. The molecule has 1 aromatic carbocycles. The van der Waals surface area contributed by atoms with Gasteiger partial charge in [-0.2, -0.15) is 0 Å². The predicted molar refractivity (Wildman–Crippen MR) is 97.3 cm³/mol. The van der Waals surface area contributed by atoms with E-state index >= 15 is 0 Å². The highest BCUT2D eigenvalue weighted by molar-refractivity contribution is 6.03. The zero-order valence-corrected chi connectivity index (χ0v) is 14.6. The van der Waals surface area contributed by atoms with Crippen LogP contribution < -0.4 is 15.0 Å². The molecule has 132 valence electrons. The Bertz CT molecular complexity index is 694. The number of ether oxygens (including phenoxy) is 1. The summed E-state index contributed by atoms with van der Waals surface area (Å²) < 4.78 is 5.10. The highest BCUT2D eigenvalue weighted by Crippen LogP contribution is 2.16. The summed E-state index contributed by atoms with van der Waals surface area (Å²) in [5.74, 6) is 1.19. The molecular formula is C18H23N5O2. The summed E-state index contributed by atoms with van der Waals surface area (Å²) >= 11 is 0. The van der Waals surface area contributed by atoms with Gasteiger partial charge < -0.3 is 19.9 Å². The maximum atomic E-state index is 12.3. The smallest absolute Gasteiger partial charge is 0.258 e. The normalized spacial score (nSPS) is 15.0. The van der Waals surface area contributed by atoms with Crippen LogP contribution in [0.15, 0.2) is 36.7 Å². The van der Waals surface area contributed by atoms with E-state index < -0.39 is 0 Å². The molecule has 7 nitrogen and oxygen atoms in total. The first kappa shape index (κ1) is 17.2. The number of methoxy groups -OCH3 is 1. The monoisotopic (exact) mass is 341 g/mol. The topological polar surface area (TPSA) is 70.6 Å². The van der Waals surface area contributed by atoms with Crippen molar-refractivity contribution in [1.82, 2.24) is 14.9 Å². The third kappa shape index (κ3) is 4.24. The van der Waals surface area contributed by atoms with E-state index in [1.807, 2.05) is 0 Å². The Kier molecular flexibility index (Phi) is 5.45. The van der Waals surface area contributed by atoms with Crippen molar-refractivity contribution >= 4 is 17.5 Å². The summed E-state index contributed by atoms with van der Waals surface area (Å²) in [4.78, 5) is 25.6. The van der Waals surface area contributed by atoms with E-state index in [1.54, 1.807) is 43.8 Å². The van der Waals surface area contributed by atoms with Crippen LogP contribution in [-0.4, -0.2) is 60.6 Å². The van der Waals surface area contributed by atoms with Gasteiger partial charge in [0.25, 0.3) is 5.91 Å². The number of amides is 1. The SMILES string of the molecule is CCN1CCN(c2ncc(C(=O)Nc3ccc(OC)cc3)cn2)CC1. The van der Waals surface area contributed by atoms with Crippen molar-refractivity contribution in [3.63, 3.8) is 0 Å². The maximum Gasteiger partial charge on any atom is 0.258 e. The van der Waals surface area contributed by atoms with Crippen molar-refractivity contribution in [3.05, 3.63) is 42.2 Å². The van der Waals surface area contributed by atoms with Gasteiger partial charge >= 0.3 is 0 Å². The molecule has 1 fully saturated rings. The lowest BCUT2D eigenvalue weighted by atomic mass is 10.2. The molecule has 1 amide bonds. The number of rotatable bonds is 5. The first-order valence-electron chi connectivity index (χ1n) is 8.44. The van der Waals surface area contributed by atoms with Crippen molar-refractivity contribution in [3.8, 4) is 5.75 Å². The summed E-state index contributed by atoms with van der Waals surface area (Å²) in [6.07, 6.45) is 3.15. The molecule has 1 aliphatic heterocycles. The fourth-order valence-electron chi connectivity index (χ4n) is 2.74. The molecule has 0 radical (unpaired) electrons. The fourth-order valence-corrected chi connectivity index (χ4v) is 2.74. The Hall–Kier alpha value is -2.67. The number of carbonyl (C=O) groups is 1. The molecular weight excluding hydrogens is 318 g/mol. The lowest BCUT2D eigenvalue weighted by Crippen LogP contribution is -2.46. The zero-order chi connectivity index (χ0) is 17.6. The average Bonchev–Trinajstić information content (AvgIpc) is 2.69. The second-order valence-electron chi connectivity index (χ2n) is 5.88. The van der Waals surface area contributed by atoms with Gasteiger partial charge in [-0.25, -0.2) is 9.97 Å². The fraction of sp³-hybridized carbons (Fsp3) is 0.389. The molecule has 0 unspecified atom stereocenters. The summed E-state index contributed by atoms with van der Waals surface area (Å²) in [5, 5.41) is 2.83. The van der Waals surface area contributed by atoms with Gasteiger partial charge in [-0.1, -0.05) is 6.92 Å². The lowest BCUT2D eigenvalue weighted by Gasteiger charge is -2.33. The van der Waals surface area contributed by atoms with Crippen molar-refractivity contribution in [1.29, 1.82) is 0 Å². The number of aromatic nitrogens is 2. The molecule has 25 heavy (non-hydrogen) atoms. The molecule has 1 saturated heterocycles. The van der Waals surface area contributed by atoms with Gasteiger partial charge in [0.1, 0.15) is 5.75 Å². The van der Waals surface area contributed by atoms with Gasteiger partial charge in [-0.05, 0) is 30.8 Å². The van der Waals surface area contributed by atoms with E-state index in [2.05, 4.69) is 32.0 Å². The highest BCUT2D eigenvalue weighted by Gasteiger charge is 2.18. The van der Waals surface area contributed by atoms with Crippen LogP contribution in [-0.2, 0) is 0 Å². The quantitative estimate of drug-likeness (QED) is 0.895. The van der Waals surface area contributed by atoms with E-state index in [-0.39, 0.29) is 5.91 Å². The van der Waals surface area contributed by atoms with Gasteiger partial charge in [0, 0.05) is 44.3 Å². The molecule has 3 rings (SSSR count). The first-order chi connectivity index (χ1) is 12.2. The number of piperazine rings is 1. The molecule has 7 heteroatoms. The number of hydrogen-bond acceptors (Lipinski definition) is 6. The summed E-state index contributed by atoms with van der Waals surface area (Å²) in [7, 11) is 1.61. The van der Waals surface area contributed by atoms with Crippen molar-refractivity contribution in [2.45, 2.75) is 6.92 Å². The average molecular weight is 341 g/mol. The summed E-state index contributed by atoms with van der Waals surface area (Å²) in [6.45, 7) is 7.08. The second-order valence-corrected chi connectivity index (χ2v) is 5.88. The zero-order valence-electron chi connectivity index (χ0n) is 14.6. The Morgan fingerprint density at radius 3 is 2.32 bits per heavy atom. The van der Waals surface area contributed by atoms with Crippen LogP contribution >= 0.6 is 0 Å². The van der Waals surface area contributed by atoms with Crippen LogP contribution in [0, 0.1) is 0 Å². The van der Waals surface area contributed by atoms with E-state index in [9.17, 15) is 4.79 Å². The number of nitrogens with zero attached hydrogens (tertiary/aromatic N) is 4. The summed E-state index contributed by atoms with van der Waals surface area (Å²) in [5.41, 5.74) is 1.14. The van der Waals surface area contributed by atoms with Crippen molar-refractivity contribution in [2.24, 2.45) is 0 Å². The van der Waals surface area contributed by atoms with E-state index in [0.717, 1.165) is 38.5 Å². The molecule has 0 bridgehead atoms. The minimum Gasteiger partial charge on any atom is -0.497 e. The number of carbonyl (C=O) groups excluding carboxylic acids is 1. The van der Waals surface area contributed by atoms with Gasteiger partial charge in [0.2, 0.25) is 5.95 Å². The van der Waals surface area contributed by atoms with E-state index in [4.69, 9.17) is 4.74 Å². The maximum absolute atomic E-state index is 12.3. The largest absolute Gasteiger partial charge is 0.497 e. The van der Waals surface area contributed by atoms with E-state index in [1.165, 1.54) is 0 Å². The molecule has 2 aromatic rings. The number of nitrogens with one attached hydrogen (secondary N) is 1. The molecule has 1 aromatic heterocycles. The van der Waals surface area contributed by atoms with Crippen molar-refractivity contribution < 1.29 is 9.53 Å². The third-order valence-corrected chi connectivity index (χ3v) is 4.35. The lowest BCUT2D eigenvalue weighted by molar-refractivity contribution is 0.102. The van der Waals surface area contributed by atoms with Crippen LogP contribution in [0.4, 0.5) is 11.6 Å². The van der Waals surface area contributed by atoms with Gasteiger partial charge in [-0.15, -0.1) is 0 Å². The third-order valence-electron chi connectivity index (χ3n) is 4.35. The van der Waals surface area contributed by atoms with Gasteiger partial charge in [0.05, 0.1) is 12.7 Å². The van der Waals surface area contributed by atoms with Crippen LogP contribution in [0.1, 0.15) is 17.3 Å². The minimum atomic E-state index is -0.229. The molecule has 0 aliphatic carbocycles. The molecule has 0 saturated carbocycles. The first-order valence-corrected chi connectivity index (χ1v) is 8.44. The molecule has 0 atom stereocenters. The van der Waals surface area contributed by atoms with Gasteiger partial charge in [-0.3, -0.25) is 4.79 Å². The van der Waals surface area contributed by atoms with Crippen LogP contribution in [0.25, 0.3) is 0 Å². The predicted octanol–water partition coefficient (Wildman–Crippen LogP) is 1.88. The minimum absolute atomic E-state index is 0.229. The molecule has 1 aliphatic rings. The van der Waals surface area contributed by atoms with Crippen molar-refractivity contribution in [2.75, 3.05) is 50.1 Å². The molecule has 2 heterocycles. The Morgan fingerprint density at radius 1 is 1.12 bits per heavy atom. The molecule has 0 spiro atoms. The Morgan fingerprint density at radius 2 is 1.76 bits per heavy atom. The van der Waals surface area contributed by atoms with Gasteiger partial charge in [0.15, 0.2) is 0 Å². The van der Waals surface area contributed by atoms with Crippen LogP contribution in [0.2, 0.25) is 0 Å². The summed E-state index contributed by atoms with van der Waals surface area (Å²) in [6, 6.07) is 7.18. The highest BCUT2D eigenvalue weighted by atomic mass is 16.5. The Balaban J connectivity index is 1.60. The van der Waals surface area contributed by atoms with Crippen LogP contribution in [0.5, 0.6) is 5.75 Å². The Labute approximate surface area is 147 Å². The van der Waals surface area contributed by atoms with Crippen LogP contribution in [0.3, 0.4) is 0 Å². The number of hydrogen-bond donors (Lipinski definition) is 1. The standard InChI is InChI=1S/C18H23N5O2/c1-3-22-8-10-23(11-9-22)18-19-12-14(13-20-18)17(24)21-15-4-6-16(25-2)7-5-15/h4-7,12-13H,3,8-11H2,1-2H3,(H,21,24). The molecule has 1 N–H and O–H groups in total. The second kappa shape index (κ2) is 7.94. The van der Waals surface area contributed by atoms with E-state index in [0.29, 0.717) is 17.2 Å².